The predicted octanol–water partition coefficient (Wildman–Crippen LogP) is 3.79. The Morgan fingerprint density at radius 2 is 2.10 bits per heavy atom. The molecule has 4 aromatic rings. The second-order valence-corrected chi connectivity index (χ2v) is 8.04. The number of carbonyl (C=O) groups excluding carboxylic acids is 1. The van der Waals surface area contributed by atoms with Crippen molar-refractivity contribution in [2.24, 2.45) is 0 Å². The molecule has 0 spiro atoms. The third-order valence-corrected chi connectivity index (χ3v) is 6.26. The number of ether oxygens (including phenoxy) is 1. The summed E-state index contributed by atoms with van der Waals surface area (Å²) in [5, 5.41) is 4.68. The largest absolute Gasteiger partial charge is 0.454 e. The fraction of sp³-hybridized carbons (Fsp3) is 0.238. The molecule has 1 N–H and O–H groups in total. The van der Waals surface area contributed by atoms with Gasteiger partial charge < -0.3 is 14.2 Å². The molecule has 0 aliphatic heterocycles. The number of aromatic nitrogens is 3. The van der Waals surface area contributed by atoms with Crippen molar-refractivity contribution in [3.63, 3.8) is 0 Å². The summed E-state index contributed by atoms with van der Waals surface area (Å²) >= 11 is 1.55. The van der Waals surface area contributed by atoms with Crippen LogP contribution in [0.15, 0.2) is 39.6 Å². The average Bonchev–Trinajstić information content (AvgIpc) is 3.41. The number of rotatable bonds is 4. The summed E-state index contributed by atoms with van der Waals surface area (Å²) in [4.78, 5) is 34.4. The predicted molar refractivity (Wildman–Crippen MR) is 108 cm³/mol. The highest BCUT2D eigenvalue weighted by Crippen LogP contribution is 2.34. The van der Waals surface area contributed by atoms with Gasteiger partial charge in [0.25, 0.3) is 5.56 Å². The van der Waals surface area contributed by atoms with E-state index in [4.69, 9.17) is 9.26 Å². The molecule has 29 heavy (non-hydrogen) atoms. The van der Waals surface area contributed by atoms with Gasteiger partial charge in [0.1, 0.15) is 34.3 Å². The monoisotopic (exact) mass is 407 g/mol. The first-order valence-corrected chi connectivity index (χ1v) is 10.2. The number of aromatic amines is 1. The fourth-order valence-electron chi connectivity index (χ4n) is 3.73. The van der Waals surface area contributed by atoms with E-state index in [0.29, 0.717) is 27.5 Å². The number of esters is 1. The highest BCUT2D eigenvalue weighted by molar-refractivity contribution is 7.18. The zero-order chi connectivity index (χ0) is 20.0. The van der Waals surface area contributed by atoms with Crippen LogP contribution in [0.5, 0.6) is 0 Å². The molecule has 3 heterocycles. The first-order valence-electron chi connectivity index (χ1n) is 9.34. The smallest absolute Gasteiger partial charge is 0.344 e. The van der Waals surface area contributed by atoms with Crippen molar-refractivity contribution >= 4 is 27.5 Å². The van der Waals surface area contributed by atoms with E-state index in [2.05, 4.69) is 15.1 Å². The Morgan fingerprint density at radius 1 is 1.28 bits per heavy atom. The minimum atomic E-state index is -0.570. The highest BCUT2D eigenvalue weighted by atomic mass is 32.1. The van der Waals surface area contributed by atoms with Gasteiger partial charge in [0.15, 0.2) is 0 Å². The number of fused-ring (bicyclic) bond motifs is 3. The lowest BCUT2D eigenvalue weighted by Crippen LogP contribution is -2.15. The van der Waals surface area contributed by atoms with Gasteiger partial charge in [-0.25, -0.2) is 9.78 Å². The van der Waals surface area contributed by atoms with Gasteiger partial charge in [0.05, 0.1) is 5.39 Å². The van der Waals surface area contributed by atoms with Gasteiger partial charge in [0.2, 0.25) is 0 Å². The molecule has 0 unspecified atom stereocenters. The van der Waals surface area contributed by atoms with Crippen LogP contribution in [0.1, 0.15) is 38.8 Å². The second kappa shape index (κ2) is 6.97. The van der Waals surface area contributed by atoms with Gasteiger partial charge in [-0.1, -0.05) is 35.5 Å². The Bertz CT molecular complexity index is 1290. The third-order valence-electron chi connectivity index (χ3n) is 5.08. The van der Waals surface area contributed by atoms with Crippen molar-refractivity contribution in [2.45, 2.75) is 32.8 Å². The van der Waals surface area contributed by atoms with E-state index in [-0.39, 0.29) is 17.7 Å². The SMILES string of the molecule is Cc1onc(-c2ccccc2)c1C(=O)OCc1nc2sc3c(c2c(=O)[nH]1)CCC3. The highest BCUT2D eigenvalue weighted by Gasteiger charge is 2.24. The normalized spacial score (nSPS) is 13.0. The summed E-state index contributed by atoms with van der Waals surface area (Å²) < 4.78 is 10.6. The molecule has 5 rings (SSSR count). The fourth-order valence-corrected chi connectivity index (χ4v) is 5.01. The molecule has 8 heteroatoms. The van der Waals surface area contributed by atoms with E-state index in [9.17, 15) is 9.59 Å². The van der Waals surface area contributed by atoms with Crippen LogP contribution in [0.4, 0.5) is 0 Å². The van der Waals surface area contributed by atoms with Crippen LogP contribution in [0.25, 0.3) is 21.5 Å². The van der Waals surface area contributed by atoms with Gasteiger partial charge in [-0.15, -0.1) is 11.3 Å². The Balaban J connectivity index is 1.41. The Labute approximate surface area is 169 Å². The molecule has 7 nitrogen and oxygen atoms in total. The molecule has 3 aromatic heterocycles. The molecule has 0 amide bonds. The Hall–Kier alpha value is -3.26. The van der Waals surface area contributed by atoms with E-state index in [1.807, 2.05) is 30.3 Å². The summed E-state index contributed by atoms with van der Waals surface area (Å²) in [6, 6.07) is 9.29. The van der Waals surface area contributed by atoms with E-state index in [0.717, 1.165) is 30.4 Å². The van der Waals surface area contributed by atoms with Gasteiger partial charge in [0, 0.05) is 10.4 Å². The number of carbonyl (C=O) groups is 1. The van der Waals surface area contributed by atoms with Crippen LogP contribution in [0, 0.1) is 6.92 Å². The number of H-pyrrole nitrogens is 1. The van der Waals surface area contributed by atoms with Crippen LogP contribution < -0.4 is 5.56 Å². The number of thiophene rings is 1. The summed E-state index contributed by atoms with van der Waals surface area (Å²) in [7, 11) is 0. The molecule has 1 aliphatic carbocycles. The van der Waals surface area contributed by atoms with Gasteiger partial charge in [-0.2, -0.15) is 0 Å². The zero-order valence-electron chi connectivity index (χ0n) is 15.7. The van der Waals surface area contributed by atoms with Crippen molar-refractivity contribution in [3.05, 3.63) is 68.3 Å². The van der Waals surface area contributed by atoms with Gasteiger partial charge in [-0.3, -0.25) is 4.79 Å². The first-order chi connectivity index (χ1) is 14.1. The number of benzene rings is 1. The van der Waals surface area contributed by atoms with Crippen molar-refractivity contribution in [1.29, 1.82) is 0 Å². The standard InChI is InChI=1S/C21H17N3O4S/c1-11-16(18(24-28-11)12-6-3-2-4-7-12)21(26)27-10-15-22-19(25)17-13-8-5-9-14(13)29-20(17)23-15/h2-4,6-7H,5,8-10H2,1H3,(H,22,23,25). The molecule has 0 bridgehead atoms. The topological polar surface area (TPSA) is 98.1 Å². The van der Waals surface area contributed by atoms with E-state index < -0.39 is 5.97 Å². The Kier molecular flexibility index (Phi) is 4.28. The molecule has 1 aliphatic rings. The van der Waals surface area contributed by atoms with Crippen molar-refractivity contribution in [3.8, 4) is 11.3 Å². The summed E-state index contributed by atoms with van der Waals surface area (Å²) in [5.41, 5.74) is 2.41. The van der Waals surface area contributed by atoms with Crippen LogP contribution in [-0.4, -0.2) is 21.1 Å². The molecule has 146 valence electrons. The average molecular weight is 407 g/mol. The lowest BCUT2D eigenvalue weighted by atomic mass is 10.1. The minimum Gasteiger partial charge on any atom is -0.454 e. The molecule has 0 saturated heterocycles. The van der Waals surface area contributed by atoms with Crippen LogP contribution >= 0.6 is 11.3 Å². The molecule has 0 atom stereocenters. The molecular weight excluding hydrogens is 390 g/mol. The van der Waals surface area contributed by atoms with E-state index in [1.165, 1.54) is 4.88 Å². The van der Waals surface area contributed by atoms with Crippen molar-refractivity contribution in [2.75, 3.05) is 0 Å². The van der Waals surface area contributed by atoms with Crippen LogP contribution in [0.2, 0.25) is 0 Å². The second-order valence-electron chi connectivity index (χ2n) is 6.95. The third kappa shape index (κ3) is 3.05. The lowest BCUT2D eigenvalue weighted by Gasteiger charge is -2.05. The quantitative estimate of drug-likeness (QED) is 0.517. The maximum atomic E-state index is 12.7. The Morgan fingerprint density at radius 3 is 2.93 bits per heavy atom. The van der Waals surface area contributed by atoms with E-state index >= 15 is 0 Å². The van der Waals surface area contributed by atoms with Gasteiger partial charge in [-0.05, 0) is 31.7 Å². The lowest BCUT2D eigenvalue weighted by molar-refractivity contribution is 0.0461. The molecular formula is C21H17N3O4S. The van der Waals surface area contributed by atoms with Crippen LogP contribution in [0.3, 0.4) is 0 Å². The molecule has 0 radical (unpaired) electrons. The number of aryl methyl sites for hydroxylation is 3. The maximum Gasteiger partial charge on any atom is 0.344 e. The number of hydrogen-bond acceptors (Lipinski definition) is 7. The molecule has 0 fully saturated rings. The van der Waals surface area contributed by atoms with Gasteiger partial charge >= 0.3 is 5.97 Å². The van der Waals surface area contributed by atoms with E-state index in [1.54, 1.807) is 18.3 Å². The number of hydrogen-bond donors (Lipinski definition) is 1. The number of nitrogens with one attached hydrogen (secondary N) is 1. The summed E-state index contributed by atoms with van der Waals surface area (Å²) in [6.07, 6.45) is 3.00. The molecule has 0 saturated carbocycles. The summed E-state index contributed by atoms with van der Waals surface area (Å²) in [6.45, 7) is 1.53. The number of nitrogens with zero attached hydrogens (tertiary/aromatic N) is 2. The summed E-state index contributed by atoms with van der Waals surface area (Å²) in [5.74, 6) is 0.130. The maximum absolute atomic E-state index is 12.7. The van der Waals surface area contributed by atoms with Crippen molar-refractivity contribution in [1.82, 2.24) is 15.1 Å². The minimum absolute atomic E-state index is 0.134. The zero-order valence-corrected chi connectivity index (χ0v) is 16.5. The first kappa shape index (κ1) is 17.8. The molecule has 1 aromatic carbocycles. The van der Waals surface area contributed by atoms with Crippen LogP contribution in [-0.2, 0) is 24.2 Å². The van der Waals surface area contributed by atoms with Crippen molar-refractivity contribution < 1.29 is 14.1 Å².